The van der Waals surface area contributed by atoms with Crippen molar-refractivity contribution in [3.05, 3.63) is 107 Å². The van der Waals surface area contributed by atoms with Gasteiger partial charge < -0.3 is 10.6 Å². The topological polar surface area (TPSA) is 82.9 Å². The molecule has 0 unspecified atom stereocenters. The van der Waals surface area contributed by atoms with E-state index in [2.05, 4.69) is 73.5 Å². The number of amides is 2. The molecule has 2 amide bonds. The molecule has 2 heterocycles. The molecule has 0 atom stereocenters. The second kappa shape index (κ2) is 16.7. The maximum atomic E-state index is 14.0. The molecule has 2 aliphatic rings. The van der Waals surface area contributed by atoms with Crippen LogP contribution in [0.1, 0.15) is 112 Å². The molecule has 258 valence electrons. The van der Waals surface area contributed by atoms with Gasteiger partial charge in [0.1, 0.15) is 0 Å². The van der Waals surface area contributed by atoms with Crippen molar-refractivity contribution >= 4 is 34.6 Å². The number of aryl methyl sites for hydroxylation is 2. The summed E-state index contributed by atoms with van der Waals surface area (Å²) in [6, 6.07) is 22.0. The van der Waals surface area contributed by atoms with E-state index >= 15 is 0 Å². The van der Waals surface area contributed by atoms with Crippen LogP contribution < -0.4 is 21.3 Å². The summed E-state index contributed by atoms with van der Waals surface area (Å²) < 4.78 is 0. The van der Waals surface area contributed by atoms with Crippen molar-refractivity contribution in [2.45, 2.75) is 104 Å². The Bertz CT molecular complexity index is 1990. The first-order valence-corrected chi connectivity index (χ1v) is 18.8. The van der Waals surface area contributed by atoms with Crippen LogP contribution in [0, 0.1) is 0 Å². The lowest BCUT2D eigenvalue weighted by Gasteiger charge is -2.15. The number of fused-ring (bicyclic) bond motifs is 6. The Morgan fingerprint density at radius 2 is 1.24 bits per heavy atom. The monoisotopic (exact) mass is 666 g/mol. The van der Waals surface area contributed by atoms with Crippen molar-refractivity contribution in [3.8, 4) is 22.3 Å². The minimum atomic E-state index is -0.297. The molecule has 0 fully saturated rings. The third-order valence-corrected chi connectivity index (χ3v) is 9.97. The van der Waals surface area contributed by atoms with Crippen LogP contribution in [0.2, 0.25) is 0 Å². The maximum Gasteiger partial charge on any atom is 0.255 e. The van der Waals surface area contributed by atoms with Gasteiger partial charge in [0.25, 0.3) is 5.91 Å². The number of hydrogen-bond donors (Lipinski definition) is 2. The Labute approximate surface area is 296 Å². The highest BCUT2D eigenvalue weighted by molar-refractivity contribution is 6.08. The summed E-state index contributed by atoms with van der Waals surface area (Å²) in [5.41, 5.74) is 10.5. The standard InChI is InChI=1S/C44H50N4O2/c1-4-7-9-11-13-15-19-30-21-17-23-35-39(30)34-29-37-41(40-31(22-18-24-36(40)46-37)20-16-14-12-10-8-5-2)43(42(34)47-35)48-44(50)32-25-27-33(28-26-32)45-38(49)6-3/h6,17-18,21-29H,3-5,7-16,19-20H2,1-2H3,(H,45,49)(H,48,50). The molecular weight excluding hydrogens is 617 g/mol. The highest BCUT2D eigenvalue weighted by Gasteiger charge is 2.29. The second-order valence-corrected chi connectivity index (χ2v) is 13.6. The molecular formula is C44H50N4O2. The highest BCUT2D eigenvalue weighted by Crippen LogP contribution is 2.43. The van der Waals surface area contributed by atoms with Crippen LogP contribution in [0.4, 0.5) is 22.7 Å². The summed E-state index contributed by atoms with van der Waals surface area (Å²) in [5.74, 6) is -0.531. The number of nitrogens with one attached hydrogen (secondary N) is 2. The lowest BCUT2D eigenvalue weighted by atomic mass is 9.90. The lowest BCUT2D eigenvalue weighted by molar-refractivity contribution is -0.111. The molecule has 6 heteroatoms. The van der Waals surface area contributed by atoms with Gasteiger partial charge in [-0.05, 0) is 85.4 Å². The Morgan fingerprint density at radius 1 is 0.660 bits per heavy atom. The van der Waals surface area contributed by atoms with Crippen LogP contribution in [0.5, 0.6) is 0 Å². The van der Waals surface area contributed by atoms with Gasteiger partial charge >= 0.3 is 0 Å². The van der Waals surface area contributed by atoms with Crippen LogP contribution >= 0.6 is 0 Å². The van der Waals surface area contributed by atoms with Gasteiger partial charge in [-0.2, -0.15) is 0 Å². The molecule has 0 aliphatic carbocycles. The quantitative estimate of drug-likeness (QED) is 0.0707. The average molecular weight is 667 g/mol. The van der Waals surface area contributed by atoms with Crippen molar-refractivity contribution in [3.63, 3.8) is 0 Å². The molecule has 6 nitrogen and oxygen atoms in total. The summed E-state index contributed by atoms with van der Waals surface area (Å²) in [5, 5.41) is 7.75. The van der Waals surface area contributed by atoms with Crippen LogP contribution in [0.3, 0.4) is 0 Å². The molecule has 2 N–H and O–H groups in total. The lowest BCUT2D eigenvalue weighted by Crippen LogP contribution is -2.24. The third-order valence-electron chi connectivity index (χ3n) is 9.97. The van der Waals surface area contributed by atoms with E-state index in [1.54, 1.807) is 24.3 Å². The summed E-state index contributed by atoms with van der Waals surface area (Å²) in [7, 11) is 0. The number of hydrogen-bond acceptors (Lipinski definition) is 4. The van der Waals surface area contributed by atoms with Crippen molar-refractivity contribution < 1.29 is 9.59 Å². The zero-order valence-corrected chi connectivity index (χ0v) is 29.7. The SMILES string of the molecule is C=CC(=O)Nc1ccc(C(=O)Nc2c3c(cc4c2=Nc2cccc(CCCCCCCC)c2-4)=Nc2cccc(CCCCCCCC)c2-3)cc1. The van der Waals surface area contributed by atoms with Gasteiger partial charge in [0.15, 0.2) is 0 Å². The number of rotatable bonds is 18. The predicted molar refractivity (Wildman–Crippen MR) is 206 cm³/mol. The molecule has 50 heavy (non-hydrogen) atoms. The molecule has 0 aromatic heterocycles. The fraction of sp³-hybridized carbons (Fsp3) is 0.364. The van der Waals surface area contributed by atoms with Gasteiger partial charge in [-0.15, -0.1) is 0 Å². The van der Waals surface area contributed by atoms with Gasteiger partial charge in [0.05, 0.1) is 27.8 Å². The maximum absolute atomic E-state index is 14.0. The first-order valence-electron chi connectivity index (χ1n) is 18.8. The third kappa shape index (κ3) is 7.80. The highest BCUT2D eigenvalue weighted by atomic mass is 16.2. The summed E-state index contributed by atoms with van der Waals surface area (Å²) in [6.07, 6.45) is 18.1. The molecule has 2 aliphatic heterocycles. The first-order chi connectivity index (χ1) is 24.5. The van der Waals surface area contributed by atoms with E-state index in [-0.39, 0.29) is 11.8 Å². The number of carbonyl (C=O) groups excluding carboxylic acids is 2. The fourth-order valence-corrected chi connectivity index (χ4v) is 7.33. The predicted octanol–water partition coefficient (Wildman–Crippen LogP) is 10.7. The summed E-state index contributed by atoms with van der Waals surface area (Å²) in [6.45, 7) is 8.02. The van der Waals surface area contributed by atoms with Crippen molar-refractivity contribution in [2.24, 2.45) is 9.98 Å². The van der Waals surface area contributed by atoms with Gasteiger partial charge in [0.2, 0.25) is 5.91 Å². The molecule has 0 radical (unpaired) electrons. The summed E-state index contributed by atoms with van der Waals surface area (Å²) in [4.78, 5) is 36.2. The summed E-state index contributed by atoms with van der Waals surface area (Å²) >= 11 is 0. The Balaban J connectivity index is 1.37. The zero-order valence-electron chi connectivity index (χ0n) is 29.7. The van der Waals surface area contributed by atoms with Gasteiger partial charge in [-0.1, -0.05) is 109 Å². The largest absolute Gasteiger partial charge is 0.323 e. The number of anilines is 2. The minimum absolute atomic E-state index is 0.234. The molecule has 0 spiro atoms. The van der Waals surface area contributed by atoms with E-state index in [0.717, 1.165) is 70.0 Å². The van der Waals surface area contributed by atoms with Crippen LogP contribution in [0.25, 0.3) is 22.3 Å². The van der Waals surface area contributed by atoms with E-state index < -0.39 is 0 Å². The molecule has 4 aromatic carbocycles. The van der Waals surface area contributed by atoms with Crippen LogP contribution in [-0.4, -0.2) is 11.8 Å². The van der Waals surface area contributed by atoms with E-state index in [1.807, 2.05) is 0 Å². The number of carbonyl (C=O) groups is 2. The number of unbranched alkanes of at least 4 members (excludes halogenated alkanes) is 10. The molecule has 0 saturated heterocycles. The van der Waals surface area contributed by atoms with Crippen molar-refractivity contribution in [2.75, 3.05) is 10.6 Å². The van der Waals surface area contributed by atoms with E-state index in [9.17, 15) is 9.59 Å². The molecule has 4 aromatic rings. The van der Waals surface area contributed by atoms with Gasteiger partial charge in [0, 0.05) is 33.5 Å². The van der Waals surface area contributed by atoms with Crippen LogP contribution in [-0.2, 0) is 17.6 Å². The normalized spacial score (nSPS) is 11.9. The van der Waals surface area contributed by atoms with E-state index in [0.29, 0.717) is 16.9 Å². The average Bonchev–Trinajstić information content (AvgIpc) is 3.70. The Hall–Kier alpha value is -4.84. The number of benzene rings is 4. The van der Waals surface area contributed by atoms with E-state index in [4.69, 9.17) is 9.98 Å². The van der Waals surface area contributed by atoms with Gasteiger partial charge in [-0.3, -0.25) is 9.59 Å². The Kier molecular flexibility index (Phi) is 11.7. The second-order valence-electron chi connectivity index (χ2n) is 13.6. The van der Waals surface area contributed by atoms with Gasteiger partial charge in [-0.25, -0.2) is 9.98 Å². The fourth-order valence-electron chi connectivity index (χ4n) is 7.33. The molecule has 6 rings (SSSR count). The van der Waals surface area contributed by atoms with Crippen molar-refractivity contribution in [1.29, 1.82) is 0 Å². The Morgan fingerprint density at radius 3 is 1.86 bits per heavy atom. The van der Waals surface area contributed by atoms with Crippen LogP contribution in [0.15, 0.2) is 89.4 Å². The minimum Gasteiger partial charge on any atom is -0.323 e. The smallest absolute Gasteiger partial charge is 0.255 e. The first kappa shape index (κ1) is 35.0. The number of nitrogens with zero attached hydrogens (tertiary/aromatic N) is 2. The molecule has 0 saturated carbocycles. The van der Waals surface area contributed by atoms with Crippen molar-refractivity contribution in [1.82, 2.24) is 0 Å². The molecule has 0 bridgehead atoms. The van der Waals surface area contributed by atoms with E-state index in [1.165, 1.54) is 81.4 Å². The zero-order chi connectivity index (χ0) is 34.9.